The fourth-order valence-corrected chi connectivity index (χ4v) is 3.71. The van der Waals surface area contributed by atoms with E-state index in [1.54, 1.807) is 7.11 Å². The first-order valence-electron chi connectivity index (χ1n) is 8.98. The second-order valence-electron chi connectivity index (χ2n) is 6.81. The third-order valence-electron chi connectivity index (χ3n) is 5.16. The lowest BCUT2D eigenvalue weighted by Gasteiger charge is -2.32. The molecule has 1 aromatic carbocycles. The van der Waals surface area contributed by atoms with Crippen molar-refractivity contribution in [1.29, 1.82) is 0 Å². The summed E-state index contributed by atoms with van der Waals surface area (Å²) >= 11 is 0. The lowest BCUT2D eigenvalue weighted by Crippen LogP contribution is -2.33. The zero-order chi connectivity index (χ0) is 17.1. The topological polar surface area (TPSA) is 48.8 Å². The van der Waals surface area contributed by atoms with Crippen molar-refractivity contribution in [2.24, 2.45) is 5.92 Å². The van der Waals surface area contributed by atoms with Crippen LogP contribution < -0.4 is 14.2 Å². The zero-order valence-electron chi connectivity index (χ0n) is 14.7. The Kier molecular flexibility index (Phi) is 4.78. The van der Waals surface area contributed by atoms with E-state index in [4.69, 9.17) is 14.2 Å². The predicted molar refractivity (Wildman–Crippen MR) is 94.0 cm³/mol. The van der Waals surface area contributed by atoms with Crippen LogP contribution in [0.4, 0.5) is 0 Å². The summed E-state index contributed by atoms with van der Waals surface area (Å²) in [6.45, 7) is 4.51. The van der Waals surface area contributed by atoms with E-state index in [0.717, 1.165) is 49.3 Å². The maximum atomic E-state index is 5.53. The lowest BCUT2D eigenvalue weighted by molar-refractivity contribution is 0.167. The summed E-state index contributed by atoms with van der Waals surface area (Å²) in [6.07, 6.45) is 7.61. The highest BCUT2D eigenvalue weighted by molar-refractivity contribution is 5.55. The number of rotatable bonds is 6. The van der Waals surface area contributed by atoms with Gasteiger partial charge in [-0.15, -0.1) is 0 Å². The number of fused-ring (bicyclic) bond motifs is 1. The molecule has 0 unspecified atom stereocenters. The van der Waals surface area contributed by atoms with E-state index in [1.807, 2.05) is 23.1 Å². The minimum Gasteiger partial charge on any atom is -0.493 e. The van der Waals surface area contributed by atoms with Crippen molar-refractivity contribution in [3.05, 3.63) is 36.2 Å². The molecule has 25 heavy (non-hydrogen) atoms. The second kappa shape index (κ2) is 7.35. The Balaban J connectivity index is 1.30. The standard InChI is InChI=1S/C19H25N3O3/c1-23-17-11-16(12-18-19(17)25-14-24-18)13-21-8-3-15(4-9-21)5-10-22-7-2-6-20-22/h2,6-7,11-12,15H,3-5,8-10,13-14H2,1H3. The Morgan fingerprint density at radius 2 is 2.12 bits per heavy atom. The van der Waals surface area contributed by atoms with Gasteiger partial charge in [0.2, 0.25) is 12.5 Å². The number of hydrogen-bond acceptors (Lipinski definition) is 5. The molecule has 6 heteroatoms. The number of aromatic nitrogens is 2. The van der Waals surface area contributed by atoms with E-state index in [-0.39, 0.29) is 6.79 Å². The Morgan fingerprint density at radius 3 is 2.88 bits per heavy atom. The average Bonchev–Trinajstić information content (AvgIpc) is 3.32. The first kappa shape index (κ1) is 16.3. The molecule has 1 fully saturated rings. The van der Waals surface area contributed by atoms with Gasteiger partial charge in [0.1, 0.15) is 0 Å². The Hall–Kier alpha value is -2.21. The van der Waals surface area contributed by atoms with Gasteiger partial charge in [0.15, 0.2) is 11.5 Å². The number of methoxy groups -OCH3 is 1. The molecule has 0 amide bonds. The van der Waals surface area contributed by atoms with Gasteiger partial charge in [-0.3, -0.25) is 9.58 Å². The predicted octanol–water partition coefficient (Wildman–Crippen LogP) is 2.92. The highest BCUT2D eigenvalue weighted by Crippen LogP contribution is 2.42. The Bertz CT molecular complexity index is 694. The molecular formula is C19H25N3O3. The maximum Gasteiger partial charge on any atom is 0.231 e. The lowest BCUT2D eigenvalue weighted by atomic mass is 9.93. The van der Waals surface area contributed by atoms with Gasteiger partial charge in [-0.05, 0) is 62.0 Å². The van der Waals surface area contributed by atoms with E-state index in [2.05, 4.69) is 22.1 Å². The van der Waals surface area contributed by atoms with Gasteiger partial charge in [-0.25, -0.2) is 0 Å². The van der Waals surface area contributed by atoms with Crippen LogP contribution in [0.2, 0.25) is 0 Å². The summed E-state index contributed by atoms with van der Waals surface area (Å²) in [5.41, 5.74) is 1.22. The Morgan fingerprint density at radius 1 is 1.24 bits per heavy atom. The molecule has 0 spiro atoms. The number of piperidine rings is 1. The number of nitrogens with zero attached hydrogens (tertiary/aromatic N) is 3. The summed E-state index contributed by atoms with van der Waals surface area (Å²) < 4.78 is 18.5. The molecule has 2 aromatic rings. The van der Waals surface area contributed by atoms with E-state index in [0.29, 0.717) is 0 Å². The molecule has 0 saturated carbocycles. The molecule has 0 radical (unpaired) electrons. The van der Waals surface area contributed by atoms with Gasteiger partial charge in [0.05, 0.1) is 7.11 Å². The number of benzene rings is 1. The molecule has 1 saturated heterocycles. The van der Waals surface area contributed by atoms with E-state index < -0.39 is 0 Å². The highest BCUT2D eigenvalue weighted by Gasteiger charge is 2.23. The molecule has 1 aromatic heterocycles. The number of ether oxygens (including phenoxy) is 3. The van der Waals surface area contributed by atoms with Crippen molar-refractivity contribution in [3.63, 3.8) is 0 Å². The summed E-state index contributed by atoms with van der Waals surface area (Å²) in [6, 6.07) is 6.13. The molecular weight excluding hydrogens is 318 g/mol. The monoisotopic (exact) mass is 343 g/mol. The summed E-state index contributed by atoms with van der Waals surface area (Å²) in [5.74, 6) is 3.08. The molecule has 2 aliphatic heterocycles. The number of hydrogen-bond donors (Lipinski definition) is 0. The summed E-state index contributed by atoms with van der Waals surface area (Å²) in [5, 5.41) is 4.29. The van der Waals surface area contributed by atoms with E-state index in [1.165, 1.54) is 24.8 Å². The molecule has 0 N–H and O–H groups in total. The number of aryl methyl sites for hydroxylation is 1. The first-order chi connectivity index (χ1) is 12.3. The third-order valence-corrected chi connectivity index (χ3v) is 5.16. The largest absolute Gasteiger partial charge is 0.493 e. The smallest absolute Gasteiger partial charge is 0.231 e. The molecule has 0 aliphatic carbocycles. The molecule has 6 nitrogen and oxygen atoms in total. The normalized spacial score (nSPS) is 17.8. The van der Waals surface area contributed by atoms with Crippen LogP contribution in [0.25, 0.3) is 0 Å². The van der Waals surface area contributed by atoms with Crippen LogP contribution in [0.1, 0.15) is 24.8 Å². The Labute approximate surface area is 148 Å². The second-order valence-corrected chi connectivity index (χ2v) is 6.81. The van der Waals surface area contributed by atoms with Crippen LogP contribution >= 0.6 is 0 Å². The van der Waals surface area contributed by atoms with Gasteiger partial charge >= 0.3 is 0 Å². The number of likely N-dealkylation sites (tertiary alicyclic amines) is 1. The van der Waals surface area contributed by atoms with Crippen molar-refractivity contribution in [2.75, 3.05) is 27.0 Å². The van der Waals surface area contributed by atoms with Crippen molar-refractivity contribution < 1.29 is 14.2 Å². The fraction of sp³-hybridized carbons (Fsp3) is 0.526. The SMILES string of the molecule is COc1cc(CN2CCC(CCn3cccn3)CC2)cc2c1OCO2. The van der Waals surface area contributed by atoms with Gasteiger partial charge < -0.3 is 14.2 Å². The van der Waals surface area contributed by atoms with E-state index in [9.17, 15) is 0 Å². The van der Waals surface area contributed by atoms with Gasteiger partial charge in [-0.2, -0.15) is 5.10 Å². The van der Waals surface area contributed by atoms with Crippen LogP contribution in [0.15, 0.2) is 30.6 Å². The van der Waals surface area contributed by atoms with Crippen molar-refractivity contribution in [2.45, 2.75) is 32.4 Å². The van der Waals surface area contributed by atoms with Gasteiger partial charge in [-0.1, -0.05) is 0 Å². The maximum absolute atomic E-state index is 5.53. The third kappa shape index (κ3) is 3.74. The highest BCUT2D eigenvalue weighted by atomic mass is 16.7. The first-order valence-corrected chi connectivity index (χ1v) is 8.98. The minimum atomic E-state index is 0.275. The van der Waals surface area contributed by atoms with E-state index >= 15 is 0 Å². The van der Waals surface area contributed by atoms with Crippen LogP contribution in [-0.4, -0.2) is 41.7 Å². The molecule has 134 valence electrons. The zero-order valence-corrected chi connectivity index (χ0v) is 14.7. The van der Waals surface area contributed by atoms with Crippen LogP contribution in [0, 0.1) is 5.92 Å². The fourth-order valence-electron chi connectivity index (χ4n) is 3.71. The van der Waals surface area contributed by atoms with Crippen LogP contribution in [0.5, 0.6) is 17.2 Å². The van der Waals surface area contributed by atoms with Crippen LogP contribution in [-0.2, 0) is 13.1 Å². The van der Waals surface area contributed by atoms with Crippen molar-refractivity contribution in [1.82, 2.24) is 14.7 Å². The van der Waals surface area contributed by atoms with Gasteiger partial charge in [0.25, 0.3) is 0 Å². The molecule has 4 rings (SSSR count). The van der Waals surface area contributed by atoms with Gasteiger partial charge in [0, 0.05) is 25.5 Å². The van der Waals surface area contributed by atoms with Crippen LogP contribution in [0.3, 0.4) is 0 Å². The summed E-state index contributed by atoms with van der Waals surface area (Å²) in [4.78, 5) is 2.52. The molecule has 3 heterocycles. The molecule has 2 aliphatic rings. The molecule has 0 atom stereocenters. The molecule has 0 bridgehead atoms. The summed E-state index contributed by atoms with van der Waals surface area (Å²) in [7, 11) is 1.67. The van der Waals surface area contributed by atoms with Crippen molar-refractivity contribution >= 4 is 0 Å². The average molecular weight is 343 g/mol. The quantitative estimate of drug-likeness (QED) is 0.807. The van der Waals surface area contributed by atoms with Crippen molar-refractivity contribution in [3.8, 4) is 17.2 Å². The minimum absolute atomic E-state index is 0.275.